The summed E-state index contributed by atoms with van der Waals surface area (Å²) in [5.41, 5.74) is 1.66. The molecule has 0 aliphatic carbocycles. The fraction of sp³-hybridized carbons (Fsp3) is 0.652. The van der Waals surface area contributed by atoms with E-state index in [1.54, 1.807) is 27.4 Å². The van der Waals surface area contributed by atoms with Crippen molar-refractivity contribution in [2.45, 2.75) is 50.3 Å². The highest BCUT2D eigenvalue weighted by molar-refractivity contribution is 7.89. The maximum absolute atomic E-state index is 13.1. The van der Waals surface area contributed by atoms with Gasteiger partial charge < -0.3 is 14.7 Å². The number of benzene rings is 1. The Bertz CT molecular complexity index is 951. The lowest BCUT2D eigenvalue weighted by molar-refractivity contribution is -0.133. The van der Waals surface area contributed by atoms with Gasteiger partial charge >= 0.3 is 0 Å². The summed E-state index contributed by atoms with van der Waals surface area (Å²) < 4.78 is 27.8. The number of carbonyl (C=O) groups excluding carboxylic acids is 2. The van der Waals surface area contributed by atoms with E-state index in [9.17, 15) is 18.0 Å². The van der Waals surface area contributed by atoms with Crippen LogP contribution >= 0.6 is 0 Å². The topological polar surface area (TPSA) is 81.2 Å². The van der Waals surface area contributed by atoms with Crippen LogP contribution in [0.15, 0.2) is 23.1 Å². The summed E-state index contributed by atoms with van der Waals surface area (Å²) in [6.07, 6.45) is 4.31. The molecule has 0 aromatic heterocycles. The Kier molecular flexibility index (Phi) is 7.17. The number of likely N-dealkylation sites (tertiary alicyclic amines) is 1. The summed E-state index contributed by atoms with van der Waals surface area (Å²) in [5, 5.41) is 0. The molecule has 0 saturated carbocycles. The molecule has 176 valence electrons. The zero-order valence-corrected chi connectivity index (χ0v) is 19.8. The molecule has 3 heterocycles. The van der Waals surface area contributed by atoms with Crippen LogP contribution in [0.4, 0.5) is 5.69 Å². The lowest BCUT2D eigenvalue weighted by Crippen LogP contribution is -2.48. The third kappa shape index (κ3) is 4.84. The number of hydrogen-bond acceptors (Lipinski definition) is 5. The number of nitrogens with zero attached hydrogens (tertiary/aromatic N) is 4. The van der Waals surface area contributed by atoms with Crippen LogP contribution in [0.3, 0.4) is 0 Å². The third-order valence-corrected chi connectivity index (χ3v) is 8.82. The number of piperidine rings is 1. The van der Waals surface area contributed by atoms with Crippen molar-refractivity contribution >= 4 is 27.5 Å². The molecule has 8 nitrogen and oxygen atoms in total. The Morgan fingerprint density at radius 3 is 2.25 bits per heavy atom. The first kappa shape index (κ1) is 23.2. The standard InChI is InChI=1S/C23H34N4O4S/c1-2-24-14-16-26(17-15-24)32(30,31)20-6-7-21-19(18-20)10-13-27(21)23(29)9-8-22(28)25-11-4-3-5-12-25/h6-7,18H,2-5,8-17H2,1H3. The zero-order chi connectivity index (χ0) is 22.7. The minimum absolute atomic E-state index is 0.0575. The van der Waals surface area contributed by atoms with Gasteiger partial charge in [-0.25, -0.2) is 8.42 Å². The second-order valence-corrected chi connectivity index (χ2v) is 10.8. The Balaban J connectivity index is 1.38. The van der Waals surface area contributed by atoms with Crippen LogP contribution in [-0.2, 0) is 26.0 Å². The van der Waals surface area contributed by atoms with E-state index in [1.165, 1.54) is 6.42 Å². The van der Waals surface area contributed by atoms with E-state index >= 15 is 0 Å². The second-order valence-electron chi connectivity index (χ2n) is 8.87. The van der Waals surface area contributed by atoms with Crippen molar-refractivity contribution in [2.75, 3.05) is 57.3 Å². The first-order valence-corrected chi connectivity index (χ1v) is 13.3. The van der Waals surface area contributed by atoms with Crippen LogP contribution in [0.25, 0.3) is 0 Å². The van der Waals surface area contributed by atoms with E-state index in [0.717, 1.165) is 56.8 Å². The van der Waals surface area contributed by atoms with E-state index in [4.69, 9.17) is 0 Å². The molecular formula is C23H34N4O4S. The van der Waals surface area contributed by atoms with Crippen molar-refractivity contribution in [3.05, 3.63) is 23.8 Å². The molecule has 2 amide bonds. The predicted octanol–water partition coefficient (Wildman–Crippen LogP) is 1.69. The van der Waals surface area contributed by atoms with Crippen molar-refractivity contribution < 1.29 is 18.0 Å². The minimum atomic E-state index is -3.53. The number of rotatable bonds is 6. The Labute approximate surface area is 191 Å². The fourth-order valence-corrected chi connectivity index (χ4v) is 6.36. The molecule has 0 radical (unpaired) electrons. The number of sulfonamides is 1. The van der Waals surface area contributed by atoms with Crippen molar-refractivity contribution in [2.24, 2.45) is 0 Å². The molecule has 1 aromatic carbocycles. The lowest BCUT2D eigenvalue weighted by atomic mass is 10.1. The molecule has 1 aromatic rings. The number of likely N-dealkylation sites (N-methyl/N-ethyl adjacent to an activating group) is 1. The molecule has 0 atom stereocenters. The molecule has 2 saturated heterocycles. The van der Waals surface area contributed by atoms with Crippen LogP contribution in [0.5, 0.6) is 0 Å². The summed E-state index contributed by atoms with van der Waals surface area (Å²) in [4.78, 5) is 31.3. The molecule has 9 heteroatoms. The highest BCUT2D eigenvalue weighted by Crippen LogP contribution is 2.32. The molecule has 0 N–H and O–H groups in total. The van der Waals surface area contributed by atoms with Gasteiger partial charge in [-0.3, -0.25) is 9.59 Å². The molecule has 32 heavy (non-hydrogen) atoms. The highest BCUT2D eigenvalue weighted by atomic mass is 32.2. The van der Waals surface area contributed by atoms with Gasteiger partial charge in [0.15, 0.2) is 0 Å². The number of carbonyl (C=O) groups is 2. The molecule has 3 aliphatic heterocycles. The summed E-state index contributed by atoms with van der Waals surface area (Å²) in [5.74, 6) is -0.0116. The zero-order valence-electron chi connectivity index (χ0n) is 19.0. The second kappa shape index (κ2) is 9.89. The third-order valence-electron chi connectivity index (χ3n) is 6.93. The Morgan fingerprint density at radius 2 is 1.56 bits per heavy atom. The molecular weight excluding hydrogens is 428 g/mol. The van der Waals surface area contributed by atoms with E-state index in [2.05, 4.69) is 11.8 Å². The van der Waals surface area contributed by atoms with Gasteiger partial charge in [0.2, 0.25) is 21.8 Å². The molecule has 3 aliphatic rings. The summed E-state index contributed by atoms with van der Waals surface area (Å²) in [7, 11) is -3.53. The van der Waals surface area contributed by atoms with Gasteiger partial charge in [0.05, 0.1) is 4.90 Å². The highest BCUT2D eigenvalue weighted by Gasteiger charge is 2.31. The van der Waals surface area contributed by atoms with Crippen molar-refractivity contribution in [3.8, 4) is 0 Å². The van der Waals surface area contributed by atoms with Gasteiger partial charge in [-0.1, -0.05) is 6.92 Å². The van der Waals surface area contributed by atoms with Gasteiger partial charge in [0.1, 0.15) is 0 Å². The SMILES string of the molecule is CCN1CCN(S(=O)(=O)c2ccc3c(c2)CCN3C(=O)CCC(=O)N2CCCCC2)CC1. The minimum Gasteiger partial charge on any atom is -0.343 e. The van der Waals surface area contributed by atoms with Gasteiger partial charge in [-0.2, -0.15) is 4.31 Å². The van der Waals surface area contributed by atoms with Crippen molar-refractivity contribution in [1.29, 1.82) is 0 Å². The van der Waals surface area contributed by atoms with E-state index in [-0.39, 0.29) is 24.7 Å². The summed E-state index contributed by atoms with van der Waals surface area (Å²) >= 11 is 0. The maximum Gasteiger partial charge on any atom is 0.243 e. The molecule has 0 spiro atoms. The fourth-order valence-electron chi connectivity index (χ4n) is 4.88. The van der Waals surface area contributed by atoms with Crippen molar-refractivity contribution in [1.82, 2.24) is 14.1 Å². The molecule has 0 unspecified atom stereocenters. The predicted molar refractivity (Wildman–Crippen MR) is 123 cm³/mol. The average Bonchev–Trinajstić information content (AvgIpc) is 3.26. The number of piperazine rings is 1. The van der Waals surface area contributed by atoms with Crippen LogP contribution < -0.4 is 4.90 Å². The molecule has 2 fully saturated rings. The quantitative estimate of drug-likeness (QED) is 0.643. The van der Waals surface area contributed by atoms with Crippen LogP contribution in [0.1, 0.15) is 44.6 Å². The van der Waals surface area contributed by atoms with Gasteiger partial charge in [-0.05, 0) is 56.0 Å². The largest absolute Gasteiger partial charge is 0.343 e. The number of fused-ring (bicyclic) bond motifs is 1. The number of hydrogen-bond donors (Lipinski definition) is 0. The first-order chi connectivity index (χ1) is 15.4. The smallest absolute Gasteiger partial charge is 0.243 e. The van der Waals surface area contributed by atoms with Crippen LogP contribution in [0, 0.1) is 0 Å². The normalized spacial score (nSPS) is 20.4. The maximum atomic E-state index is 13.1. The van der Waals surface area contributed by atoms with E-state index in [0.29, 0.717) is 31.0 Å². The van der Waals surface area contributed by atoms with Crippen LogP contribution in [-0.4, -0.2) is 86.7 Å². The van der Waals surface area contributed by atoms with Crippen LogP contribution in [0.2, 0.25) is 0 Å². The Hall–Kier alpha value is -1.97. The lowest BCUT2D eigenvalue weighted by Gasteiger charge is -2.33. The van der Waals surface area contributed by atoms with Gasteiger partial charge in [0, 0.05) is 64.3 Å². The van der Waals surface area contributed by atoms with Gasteiger partial charge in [-0.15, -0.1) is 0 Å². The number of anilines is 1. The monoisotopic (exact) mass is 462 g/mol. The van der Waals surface area contributed by atoms with Gasteiger partial charge in [0.25, 0.3) is 0 Å². The first-order valence-electron chi connectivity index (χ1n) is 11.8. The van der Waals surface area contributed by atoms with E-state index in [1.807, 2.05) is 4.90 Å². The Morgan fingerprint density at radius 1 is 0.875 bits per heavy atom. The summed E-state index contributed by atoms with van der Waals surface area (Å²) in [6, 6.07) is 5.09. The number of amides is 2. The van der Waals surface area contributed by atoms with Crippen molar-refractivity contribution in [3.63, 3.8) is 0 Å². The molecule has 4 rings (SSSR count). The summed E-state index contributed by atoms with van der Waals surface area (Å²) in [6.45, 7) is 7.64. The van der Waals surface area contributed by atoms with E-state index < -0.39 is 10.0 Å². The average molecular weight is 463 g/mol. The molecule has 0 bridgehead atoms.